The number of carbonyl (C=O) groups excluding carboxylic acids is 1. The van der Waals surface area contributed by atoms with E-state index in [0.717, 1.165) is 24.2 Å². The molecule has 0 unspecified atom stereocenters. The van der Waals surface area contributed by atoms with Crippen molar-refractivity contribution in [3.63, 3.8) is 0 Å². The van der Waals surface area contributed by atoms with E-state index in [1.807, 2.05) is 68.4 Å². The zero-order valence-electron chi connectivity index (χ0n) is 18.6. The number of ether oxygens (including phenoxy) is 1. The quantitative estimate of drug-likeness (QED) is 0.435. The average molecular weight is 453 g/mol. The minimum absolute atomic E-state index is 0.00523. The molecule has 2 aromatic carbocycles. The lowest BCUT2D eigenvalue weighted by Crippen LogP contribution is -2.30. The van der Waals surface area contributed by atoms with Crippen molar-refractivity contribution in [1.29, 1.82) is 0 Å². The van der Waals surface area contributed by atoms with Crippen LogP contribution in [0, 0.1) is 0 Å². The number of hydrogen-bond acceptors (Lipinski definition) is 6. The lowest BCUT2D eigenvalue weighted by Gasteiger charge is -2.19. The van der Waals surface area contributed by atoms with Gasteiger partial charge in [0.1, 0.15) is 0 Å². The summed E-state index contributed by atoms with van der Waals surface area (Å²) in [7, 11) is 3.94. The minimum Gasteiger partial charge on any atom is -0.378 e. The van der Waals surface area contributed by atoms with Crippen LogP contribution in [0.25, 0.3) is 10.9 Å². The van der Waals surface area contributed by atoms with Gasteiger partial charge in [-0.05, 0) is 56.2 Å². The molecule has 1 saturated heterocycles. The molecule has 0 bridgehead atoms. The van der Waals surface area contributed by atoms with Gasteiger partial charge < -0.3 is 15.0 Å². The smallest absolute Gasteiger partial charge is 0.262 e. The first-order chi connectivity index (χ1) is 15.4. The second-order valence-corrected chi connectivity index (χ2v) is 9.46. The summed E-state index contributed by atoms with van der Waals surface area (Å²) in [5.41, 5.74) is 2.33. The maximum atomic E-state index is 13.2. The molecule has 1 aliphatic heterocycles. The number of nitrogens with one attached hydrogen (secondary N) is 1. The SMILES string of the molecule is C[C@@H](Sc1nc2ccccc2c(=O)n1C[C@H]1CCCO1)C(=O)Nc1ccc(N(C)C)cc1. The van der Waals surface area contributed by atoms with Crippen LogP contribution < -0.4 is 15.8 Å². The fraction of sp³-hybridized carbons (Fsp3) is 0.375. The van der Waals surface area contributed by atoms with Gasteiger partial charge in [0.05, 0.1) is 28.8 Å². The number of benzene rings is 2. The Hall–Kier alpha value is -2.84. The number of para-hydroxylation sites is 1. The third-order valence-electron chi connectivity index (χ3n) is 5.54. The molecular formula is C24H28N4O3S. The molecule has 1 fully saturated rings. The Kier molecular flexibility index (Phi) is 6.81. The van der Waals surface area contributed by atoms with Crippen molar-refractivity contribution in [2.24, 2.45) is 0 Å². The molecule has 1 N–H and O–H groups in total. The number of amides is 1. The normalized spacial score (nSPS) is 16.8. The van der Waals surface area contributed by atoms with E-state index in [1.54, 1.807) is 10.6 Å². The van der Waals surface area contributed by atoms with Gasteiger partial charge in [0, 0.05) is 32.1 Å². The highest BCUT2D eigenvalue weighted by Gasteiger charge is 2.23. The van der Waals surface area contributed by atoms with Crippen LogP contribution in [-0.2, 0) is 16.1 Å². The first kappa shape index (κ1) is 22.4. The van der Waals surface area contributed by atoms with E-state index in [0.29, 0.717) is 29.2 Å². The number of nitrogens with zero attached hydrogens (tertiary/aromatic N) is 3. The van der Waals surface area contributed by atoms with Crippen LogP contribution in [0.5, 0.6) is 0 Å². The molecule has 2 atom stereocenters. The molecule has 4 rings (SSSR count). The Labute approximate surface area is 191 Å². The first-order valence-electron chi connectivity index (χ1n) is 10.8. The second kappa shape index (κ2) is 9.75. The summed E-state index contributed by atoms with van der Waals surface area (Å²) >= 11 is 1.29. The third kappa shape index (κ3) is 4.97. The van der Waals surface area contributed by atoms with Crippen LogP contribution in [0.1, 0.15) is 19.8 Å². The van der Waals surface area contributed by atoms with Gasteiger partial charge in [0.2, 0.25) is 5.91 Å². The van der Waals surface area contributed by atoms with Gasteiger partial charge >= 0.3 is 0 Å². The van der Waals surface area contributed by atoms with Crippen molar-refractivity contribution in [3.8, 4) is 0 Å². The molecule has 1 aliphatic rings. The zero-order valence-corrected chi connectivity index (χ0v) is 19.4. The molecule has 8 heteroatoms. The van der Waals surface area contributed by atoms with Gasteiger partial charge in [0.15, 0.2) is 5.16 Å². The van der Waals surface area contributed by atoms with Gasteiger partial charge in [-0.15, -0.1) is 0 Å². The highest BCUT2D eigenvalue weighted by atomic mass is 32.2. The summed E-state index contributed by atoms with van der Waals surface area (Å²) in [6, 6.07) is 15.0. The molecule has 2 heterocycles. The van der Waals surface area contributed by atoms with E-state index in [-0.39, 0.29) is 17.6 Å². The van der Waals surface area contributed by atoms with E-state index in [4.69, 9.17) is 9.72 Å². The molecule has 0 radical (unpaired) electrons. The molecule has 7 nitrogen and oxygen atoms in total. The number of hydrogen-bond donors (Lipinski definition) is 1. The van der Waals surface area contributed by atoms with Gasteiger partial charge in [0.25, 0.3) is 5.56 Å². The topological polar surface area (TPSA) is 76.5 Å². The minimum atomic E-state index is -0.438. The molecule has 0 saturated carbocycles. The maximum absolute atomic E-state index is 13.2. The van der Waals surface area contributed by atoms with Gasteiger partial charge in [-0.25, -0.2) is 4.98 Å². The Morgan fingerprint density at radius 2 is 2.00 bits per heavy atom. The lowest BCUT2D eigenvalue weighted by molar-refractivity contribution is -0.115. The monoisotopic (exact) mass is 452 g/mol. The third-order valence-corrected chi connectivity index (χ3v) is 6.63. The van der Waals surface area contributed by atoms with Crippen molar-refractivity contribution in [3.05, 3.63) is 58.9 Å². The van der Waals surface area contributed by atoms with Crippen molar-refractivity contribution in [1.82, 2.24) is 9.55 Å². The Morgan fingerprint density at radius 1 is 1.25 bits per heavy atom. The lowest BCUT2D eigenvalue weighted by atomic mass is 10.2. The Morgan fingerprint density at radius 3 is 2.69 bits per heavy atom. The Balaban J connectivity index is 1.56. The molecule has 32 heavy (non-hydrogen) atoms. The second-order valence-electron chi connectivity index (χ2n) is 8.15. The number of rotatable bonds is 7. The van der Waals surface area contributed by atoms with Crippen LogP contribution in [0.4, 0.5) is 11.4 Å². The predicted octanol–water partition coefficient (Wildman–Crippen LogP) is 3.76. The fourth-order valence-corrected chi connectivity index (χ4v) is 4.61. The van der Waals surface area contributed by atoms with Crippen LogP contribution in [-0.4, -0.2) is 47.5 Å². The van der Waals surface area contributed by atoms with Crippen LogP contribution in [0.15, 0.2) is 58.5 Å². The highest BCUT2D eigenvalue weighted by Crippen LogP contribution is 2.25. The van der Waals surface area contributed by atoms with E-state index >= 15 is 0 Å². The van der Waals surface area contributed by atoms with Gasteiger partial charge in [-0.3, -0.25) is 14.2 Å². The summed E-state index contributed by atoms with van der Waals surface area (Å²) in [5, 5.41) is 3.63. The number of carbonyl (C=O) groups is 1. The van der Waals surface area contributed by atoms with Crippen molar-refractivity contribution in [2.75, 3.05) is 30.9 Å². The van der Waals surface area contributed by atoms with Crippen molar-refractivity contribution < 1.29 is 9.53 Å². The summed E-state index contributed by atoms with van der Waals surface area (Å²) in [6.07, 6.45) is 1.91. The van der Waals surface area contributed by atoms with Crippen molar-refractivity contribution in [2.45, 2.75) is 42.8 Å². The Bertz CT molecular complexity index is 1150. The highest BCUT2D eigenvalue weighted by molar-refractivity contribution is 8.00. The zero-order chi connectivity index (χ0) is 22.7. The van der Waals surface area contributed by atoms with E-state index in [1.165, 1.54) is 11.8 Å². The van der Waals surface area contributed by atoms with Crippen molar-refractivity contribution >= 4 is 39.9 Å². The number of fused-ring (bicyclic) bond motifs is 1. The molecule has 0 spiro atoms. The number of anilines is 2. The largest absolute Gasteiger partial charge is 0.378 e. The molecular weight excluding hydrogens is 424 g/mol. The summed E-state index contributed by atoms with van der Waals surface area (Å²) in [5.74, 6) is -0.140. The van der Waals surface area contributed by atoms with E-state index in [9.17, 15) is 9.59 Å². The van der Waals surface area contributed by atoms with E-state index in [2.05, 4.69) is 5.32 Å². The molecule has 168 valence electrons. The van der Waals surface area contributed by atoms with Crippen LogP contribution >= 0.6 is 11.8 Å². The van der Waals surface area contributed by atoms with E-state index < -0.39 is 5.25 Å². The maximum Gasteiger partial charge on any atom is 0.262 e. The predicted molar refractivity (Wildman–Crippen MR) is 130 cm³/mol. The molecule has 0 aliphatic carbocycles. The van der Waals surface area contributed by atoms with Gasteiger partial charge in [-0.2, -0.15) is 0 Å². The first-order valence-corrected chi connectivity index (χ1v) is 11.7. The summed E-state index contributed by atoms with van der Waals surface area (Å²) in [6.45, 7) is 2.99. The van der Waals surface area contributed by atoms with Gasteiger partial charge in [-0.1, -0.05) is 23.9 Å². The fourth-order valence-electron chi connectivity index (χ4n) is 3.69. The summed E-state index contributed by atoms with van der Waals surface area (Å²) in [4.78, 5) is 32.8. The average Bonchev–Trinajstić information content (AvgIpc) is 3.30. The van der Waals surface area contributed by atoms with Crippen LogP contribution in [0.3, 0.4) is 0 Å². The number of aromatic nitrogens is 2. The summed E-state index contributed by atoms with van der Waals surface area (Å²) < 4.78 is 7.42. The van der Waals surface area contributed by atoms with Crippen LogP contribution in [0.2, 0.25) is 0 Å². The molecule has 1 aromatic heterocycles. The number of thioether (sulfide) groups is 1. The molecule has 3 aromatic rings. The standard InChI is InChI=1S/C24H28N4O3S/c1-16(22(29)25-17-10-12-18(13-11-17)27(2)3)32-24-26-21-9-5-4-8-20(21)23(30)28(24)15-19-7-6-14-31-19/h4-5,8-13,16,19H,6-7,14-15H2,1-3H3,(H,25,29)/t16-,19-/m1/s1. The molecule has 1 amide bonds.